The summed E-state index contributed by atoms with van der Waals surface area (Å²) in [5.74, 6) is 0.823. The fourth-order valence-corrected chi connectivity index (χ4v) is 3.67. The van der Waals surface area contributed by atoms with Crippen LogP contribution in [-0.2, 0) is 11.3 Å². The van der Waals surface area contributed by atoms with Crippen LogP contribution in [-0.4, -0.2) is 28.3 Å². The minimum atomic E-state index is -0.167. The molecule has 0 bridgehead atoms. The zero-order valence-electron chi connectivity index (χ0n) is 13.7. The van der Waals surface area contributed by atoms with E-state index < -0.39 is 0 Å². The molecule has 0 N–H and O–H groups in total. The van der Waals surface area contributed by atoms with Crippen molar-refractivity contribution in [2.75, 3.05) is 7.11 Å². The molecule has 3 rings (SSSR count). The predicted molar refractivity (Wildman–Crippen MR) is 104 cm³/mol. The van der Waals surface area contributed by atoms with Crippen LogP contribution in [0.25, 0.3) is 0 Å². The number of halogens is 2. The number of carbonyl (C=O) groups is 1. The van der Waals surface area contributed by atoms with Gasteiger partial charge in [0.25, 0.3) is 0 Å². The second-order valence-corrected chi connectivity index (χ2v) is 7.65. The van der Waals surface area contributed by atoms with Crippen molar-refractivity contribution in [3.05, 3.63) is 58.1 Å². The van der Waals surface area contributed by atoms with Crippen molar-refractivity contribution < 1.29 is 9.53 Å². The van der Waals surface area contributed by atoms with Gasteiger partial charge < -0.3 is 4.74 Å². The van der Waals surface area contributed by atoms with Crippen LogP contribution in [0.15, 0.2) is 47.5 Å². The van der Waals surface area contributed by atoms with Gasteiger partial charge in [0.05, 0.1) is 34.6 Å². The lowest BCUT2D eigenvalue weighted by molar-refractivity contribution is -0.126. The molecule has 1 heterocycles. The second-order valence-electron chi connectivity index (χ2n) is 5.53. The Bertz CT molecular complexity index is 824. The maximum absolute atomic E-state index is 12.5. The van der Waals surface area contributed by atoms with Crippen molar-refractivity contribution in [2.24, 2.45) is 4.99 Å². The minimum absolute atomic E-state index is 0.0413. The van der Waals surface area contributed by atoms with Gasteiger partial charge in [0, 0.05) is 0 Å². The molecule has 0 aromatic heterocycles. The summed E-state index contributed by atoms with van der Waals surface area (Å²) in [4.78, 5) is 18.8. The molecule has 1 saturated heterocycles. The third kappa shape index (κ3) is 4.11. The zero-order valence-corrected chi connectivity index (χ0v) is 16.0. The maximum atomic E-state index is 12.5. The van der Waals surface area contributed by atoms with Crippen molar-refractivity contribution in [3.8, 4) is 5.75 Å². The molecule has 0 aliphatic carbocycles. The molecule has 25 heavy (non-hydrogen) atoms. The lowest BCUT2D eigenvalue weighted by Crippen LogP contribution is -2.30. The van der Waals surface area contributed by atoms with Gasteiger partial charge in [0.2, 0.25) is 5.91 Å². The van der Waals surface area contributed by atoms with E-state index in [1.54, 1.807) is 30.2 Å². The number of carbonyl (C=O) groups excluding carboxylic acids is 1. The van der Waals surface area contributed by atoms with E-state index in [-0.39, 0.29) is 11.2 Å². The zero-order chi connectivity index (χ0) is 18.0. The number of hydrogen-bond acceptors (Lipinski definition) is 4. The summed E-state index contributed by atoms with van der Waals surface area (Å²) in [7, 11) is 1.62. The van der Waals surface area contributed by atoms with Gasteiger partial charge >= 0.3 is 0 Å². The van der Waals surface area contributed by atoms with Crippen LogP contribution < -0.4 is 4.74 Å². The Morgan fingerprint density at radius 1 is 1.16 bits per heavy atom. The monoisotopic (exact) mass is 394 g/mol. The van der Waals surface area contributed by atoms with Gasteiger partial charge in [-0.15, -0.1) is 0 Å². The van der Waals surface area contributed by atoms with Crippen LogP contribution in [0.5, 0.6) is 5.75 Å². The van der Waals surface area contributed by atoms with Crippen molar-refractivity contribution in [1.29, 1.82) is 0 Å². The molecule has 2 aromatic carbocycles. The highest BCUT2D eigenvalue weighted by Crippen LogP contribution is 2.32. The van der Waals surface area contributed by atoms with E-state index in [0.29, 0.717) is 27.4 Å². The lowest BCUT2D eigenvalue weighted by atomic mass is 10.2. The van der Waals surface area contributed by atoms with E-state index in [4.69, 9.17) is 27.9 Å². The molecule has 7 heteroatoms. The summed E-state index contributed by atoms with van der Waals surface area (Å²) >= 11 is 13.4. The number of ether oxygens (including phenoxy) is 1. The summed E-state index contributed by atoms with van der Waals surface area (Å²) in [6, 6.07) is 12.8. The molecule has 2 aromatic rings. The standard InChI is InChI=1S/C18H16Cl2N2O2S/c1-11-17(23)22(10-12-3-6-14(24-2)7-4-12)18(25-11)21-13-5-8-15(19)16(20)9-13/h3-9,11H,10H2,1-2H3. The van der Waals surface area contributed by atoms with Crippen LogP contribution in [0.1, 0.15) is 12.5 Å². The molecule has 1 atom stereocenters. The van der Waals surface area contributed by atoms with Crippen LogP contribution in [0.4, 0.5) is 5.69 Å². The Kier molecular flexibility index (Phi) is 5.57. The molecule has 1 amide bonds. The molecular formula is C18H16Cl2N2O2S. The van der Waals surface area contributed by atoms with Gasteiger partial charge in [-0.05, 0) is 42.8 Å². The lowest BCUT2D eigenvalue weighted by Gasteiger charge is -2.16. The first-order valence-corrected chi connectivity index (χ1v) is 9.26. The van der Waals surface area contributed by atoms with E-state index in [0.717, 1.165) is 11.3 Å². The number of methoxy groups -OCH3 is 1. The molecule has 130 valence electrons. The highest BCUT2D eigenvalue weighted by Gasteiger charge is 2.35. The van der Waals surface area contributed by atoms with Crippen LogP contribution in [0.2, 0.25) is 10.0 Å². The molecule has 1 aliphatic heterocycles. The van der Waals surface area contributed by atoms with Crippen molar-refractivity contribution >= 4 is 51.7 Å². The SMILES string of the molecule is COc1ccc(CN2C(=O)C(C)SC2=Nc2ccc(Cl)c(Cl)c2)cc1. The largest absolute Gasteiger partial charge is 0.497 e. The van der Waals surface area contributed by atoms with Gasteiger partial charge in [-0.2, -0.15) is 0 Å². The normalized spacial score (nSPS) is 18.9. The molecule has 1 aliphatic rings. The van der Waals surface area contributed by atoms with E-state index >= 15 is 0 Å². The van der Waals surface area contributed by atoms with Crippen molar-refractivity contribution in [2.45, 2.75) is 18.7 Å². The number of hydrogen-bond donors (Lipinski definition) is 0. The summed E-state index contributed by atoms with van der Waals surface area (Å²) in [6.07, 6.45) is 0. The van der Waals surface area contributed by atoms with Gasteiger partial charge in [-0.1, -0.05) is 47.1 Å². The number of benzene rings is 2. The molecule has 0 spiro atoms. The Balaban J connectivity index is 1.87. The fourth-order valence-electron chi connectivity index (χ4n) is 2.40. The summed E-state index contributed by atoms with van der Waals surface area (Å²) in [5, 5.41) is 1.41. The minimum Gasteiger partial charge on any atom is -0.497 e. The third-order valence-electron chi connectivity index (χ3n) is 3.75. The average molecular weight is 395 g/mol. The number of amidine groups is 1. The Morgan fingerprint density at radius 3 is 2.52 bits per heavy atom. The van der Waals surface area contributed by atoms with Gasteiger partial charge in [-0.25, -0.2) is 4.99 Å². The summed E-state index contributed by atoms with van der Waals surface area (Å²) in [6.45, 7) is 2.34. The number of thioether (sulfide) groups is 1. The molecule has 4 nitrogen and oxygen atoms in total. The highest BCUT2D eigenvalue weighted by atomic mass is 35.5. The predicted octanol–water partition coefficient (Wildman–Crippen LogP) is 5.15. The quantitative estimate of drug-likeness (QED) is 0.719. The smallest absolute Gasteiger partial charge is 0.242 e. The first-order chi connectivity index (χ1) is 12.0. The molecule has 0 radical (unpaired) electrons. The van der Waals surface area contributed by atoms with Crippen LogP contribution in [0, 0.1) is 0 Å². The van der Waals surface area contributed by atoms with E-state index in [9.17, 15) is 4.79 Å². The number of amides is 1. The average Bonchev–Trinajstić information content (AvgIpc) is 2.86. The van der Waals surface area contributed by atoms with E-state index in [1.807, 2.05) is 31.2 Å². The van der Waals surface area contributed by atoms with Gasteiger partial charge in [0.1, 0.15) is 5.75 Å². The topological polar surface area (TPSA) is 41.9 Å². The second kappa shape index (κ2) is 7.68. The Labute approximate surface area is 160 Å². The van der Waals surface area contributed by atoms with Crippen LogP contribution >= 0.6 is 35.0 Å². The maximum Gasteiger partial charge on any atom is 0.242 e. The van der Waals surface area contributed by atoms with Gasteiger partial charge in [0.15, 0.2) is 5.17 Å². The Hall–Kier alpha value is -1.69. The summed E-state index contributed by atoms with van der Waals surface area (Å²) in [5.41, 5.74) is 1.67. The third-order valence-corrected chi connectivity index (χ3v) is 5.57. The number of rotatable bonds is 4. The Morgan fingerprint density at radius 2 is 1.88 bits per heavy atom. The molecular weight excluding hydrogens is 379 g/mol. The number of aliphatic imine (C=N–C) groups is 1. The fraction of sp³-hybridized carbons (Fsp3) is 0.222. The first kappa shape index (κ1) is 18.1. The van der Waals surface area contributed by atoms with E-state index in [1.165, 1.54) is 11.8 Å². The molecule has 1 fully saturated rings. The summed E-state index contributed by atoms with van der Waals surface area (Å²) < 4.78 is 5.17. The van der Waals surface area contributed by atoms with E-state index in [2.05, 4.69) is 4.99 Å². The molecule has 1 unspecified atom stereocenters. The van der Waals surface area contributed by atoms with Crippen molar-refractivity contribution in [3.63, 3.8) is 0 Å². The first-order valence-electron chi connectivity index (χ1n) is 7.62. The number of nitrogens with zero attached hydrogens (tertiary/aromatic N) is 2. The van der Waals surface area contributed by atoms with Crippen LogP contribution in [0.3, 0.4) is 0 Å². The van der Waals surface area contributed by atoms with Gasteiger partial charge in [-0.3, -0.25) is 9.69 Å². The highest BCUT2D eigenvalue weighted by molar-refractivity contribution is 8.15. The van der Waals surface area contributed by atoms with Crippen molar-refractivity contribution in [1.82, 2.24) is 4.90 Å². The molecule has 0 saturated carbocycles.